The minimum atomic E-state index is -0.249. The van der Waals surface area contributed by atoms with Crippen LogP contribution in [-0.4, -0.2) is 11.0 Å². The van der Waals surface area contributed by atoms with Crippen LogP contribution < -0.4 is 10.6 Å². The maximum absolute atomic E-state index is 11.8. The van der Waals surface area contributed by atoms with E-state index < -0.39 is 0 Å². The Morgan fingerprint density at radius 2 is 2.20 bits per heavy atom. The van der Waals surface area contributed by atoms with Gasteiger partial charge < -0.3 is 5.32 Å². The number of nitrogens with zero attached hydrogens (tertiary/aromatic N) is 1. The summed E-state index contributed by atoms with van der Waals surface area (Å²) >= 11 is 7.90. The highest BCUT2D eigenvalue weighted by atomic mass is 32.1. The summed E-state index contributed by atoms with van der Waals surface area (Å²) in [5, 5.41) is 17.3. The number of hydrogen-bond acceptors (Lipinski definition) is 5. The molecule has 0 fully saturated rings. The Kier molecular flexibility index (Phi) is 4.49. The molecule has 4 nitrogen and oxygen atoms in total. The van der Waals surface area contributed by atoms with Gasteiger partial charge in [0.25, 0.3) is 5.91 Å². The number of carbonyl (C=O) groups is 1. The number of thiophene rings is 2. The number of thiocarbonyl (C=S) groups is 1. The van der Waals surface area contributed by atoms with Gasteiger partial charge in [-0.05, 0) is 43.1 Å². The zero-order valence-electron chi connectivity index (χ0n) is 10.8. The van der Waals surface area contributed by atoms with Gasteiger partial charge in [0.05, 0.1) is 10.4 Å². The van der Waals surface area contributed by atoms with Gasteiger partial charge in [-0.1, -0.05) is 6.07 Å². The zero-order chi connectivity index (χ0) is 14.7. The van der Waals surface area contributed by atoms with Crippen molar-refractivity contribution in [2.75, 3.05) is 5.32 Å². The molecule has 0 radical (unpaired) electrons. The van der Waals surface area contributed by atoms with E-state index in [0.29, 0.717) is 15.4 Å². The summed E-state index contributed by atoms with van der Waals surface area (Å²) in [4.78, 5) is 13.5. The number of amides is 1. The SMILES string of the molecule is Cc1sc(NC(=S)NC(=O)c2cccs2)c(C#N)c1C. The molecule has 0 aliphatic rings. The van der Waals surface area contributed by atoms with Crippen LogP contribution in [0.15, 0.2) is 17.5 Å². The van der Waals surface area contributed by atoms with Crippen LogP contribution in [0.1, 0.15) is 25.7 Å². The fraction of sp³-hybridized carbons (Fsp3) is 0.154. The van der Waals surface area contributed by atoms with Crippen molar-refractivity contribution in [3.8, 4) is 6.07 Å². The average molecular weight is 321 g/mol. The third-order valence-electron chi connectivity index (χ3n) is 2.70. The first kappa shape index (κ1) is 14.7. The van der Waals surface area contributed by atoms with Crippen LogP contribution in [0.3, 0.4) is 0 Å². The molecule has 2 aromatic heterocycles. The minimum absolute atomic E-state index is 0.196. The van der Waals surface area contributed by atoms with Crippen molar-refractivity contribution in [3.05, 3.63) is 38.4 Å². The predicted octanol–water partition coefficient (Wildman–Crippen LogP) is 3.42. The molecule has 102 valence electrons. The Hall–Kier alpha value is -1.75. The fourth-order valence-electron chi connectivity index (χ4n) is 1.56. The molecular formula is C13H11N3OS3. The Labute approximate surface area is 130 Å². The van der Waals surface area contributed by atoms with Crippen molar-refractivity contribution in [2.24, 2.45) is 0 Å². The van der Waals surface area contributed by atoms with E-state index in [1.165, 1.54) is 22.7 Å². The second-order valence-electron chi connectivity index (χ2n) is 3.98. The van der Waals surface area contributed by atoms with E-state index in [2.05, 4.69) is 16.7 Å². The van der Waals surface area contributed by atoms with Crippen LogP contribution in [0.25, 0.3) is 0 Å². The van der Waals surface area contributed by atoms with E-state index in [1.54, 1.807) is 12.1 Å². The second-order valence-corrected chi connectivity index (χ2v) is 6.57. The molecule has 7 heteroatoms. The molecule has 0 saturated carbocycles. The average Bonchev–Trinajstić information content (AvgIpc) is 2.99. The first-order valence-corrected chi connectivity index (χ1v) is 7.79. The largest absolute Gasteiger partial charge is 0.323 e. The Morgan fingerprint density at radius 3 is 2.80 bits per heavy atom. The Bertz CT molecular complexity index is 695. The monoisotopic (exact) mass is 321 g/mol. The van der Waals surface area contributed by atoms with Crippen LogP contribution in [0, 0.1) is 25.2 Å². The van der Waals surface area contributed by atoms with Gasteiger partial charge in [0, 0.05) is 4.88 Å². The van der Waals surface area contributed by atoms with E-state index in [9.17, 15) is 4.79 Å². The first-order chi connectivity index (χ1) is 9.52. The zero-order valence-corrected chi connectivity index (χ0v) is 13.3. The van der Waals surface area contributed by atoms with Gasteiger partial charge in [-0.2, -0.15) is 5.26 Å². The van der Waals surface area contributed by atoms with Gasteiger partial charge in [0.15, 0.2) is 5.11 Å². The van der Waals surface area contributed by atoms with Crippen LogP contribution >= 0.6 is 34.9 Å². The number of hydrogen-bond donors (Lipinski definition) is 2. The molecule has 0 bridgehead atoms. The van der Waals surface area contributed by atoms with Gasteiger partial charge in [0.2, 0.25) is 0 Å². The van der Waals surface area contributed by atoms with Crippen molar-refractivity contribution < 1.29 is 4.79 Å². The lowest BCUT2D eigenvalue weighted by molar-refractivity contribution is 0.0981. The maximum atomic E-state index is 11.8. The van der Waals surface area contributed by atoms with Gasteiger partial charge in [-0.15, -0.1) is 22.7 Å². The molecule has 2 heterocycles. The van der Waals surface area contributed by atoms with Gasteiger partial charge in [0.1, 0.15) is 11.1 Å². The molecule has 0 aromatic carbocycles. The Morgan fingerprint density at radius 1 is 1.45 bits per heavy atom. The molecular weight excluding hydrogens is 310 g/mol. The van der Waals surface area contributed by atoms with Crippen LogP contribution in [0.4, 0.5) is 5.00 Å². The van der Waals surface area contributed by atoms with Crippen LogP contribution in [-0.2, 0) is 0 Å². The summed E-state index contributed by atoms with van der Waals surface area (Å²) in [6.07, 6.45) is 0. The molecule has 0 aliphatic heterocycles. The molecule has 2 aromatic rings. The number of nitriles is 1. The molecule has 0 aliphatic carbocycles. The lowest BCUT2D eigenvalue weighted by Gasteiger charge is -2.07. The van der Waals surface area contributed by atoms with Crippen LogP contribution in [0.2, 0.25) is 0 Å². The van der Waals surface area contributed by atoms with Gasteiger partial charge in [-0.25, -0.2) is 0 Å². The predicted molar refractivity (Wildman–Crippen MR) is 86.5 cm³/mol. The van der Waals surface area contributed by atoms with Gasteiger partial charge >= 0.3 is 0 Å². The maximum Gasteiger partial charge on any atom is 0.267 e. The minimum Gasteiger partial charge on any atom is -0.323 e. The standard InChI is InChI=1S/C13H11N3OS3/c1-7-8(2)20-12(9(7)6-14)16-13(18)15-11(17)10-4-3-5-19-10/h3-5H,1-2H3,(H2,15,16,17,18). The lowest BCUT2D eigenvalue weighted by Crippen LogP contribution is -2.33. The summed E-state index contributed by atoms with van der Waals surface area (Å²) < 4.78 is 0. The van der Waals surface area contributed by atoms with Crippen molar-refractivity contribution in [3.63, 3.8) is 0 Å². The number of aryl methyl sites for hydroxylation is 1. The highest BCUT2D eigenvalue weighted by Crippen LogP contribution is 2.31. The summed E-state index contributed by atoms with van der Waals surface area (Å²) in [5.74, 6) is -0.249. The van der Waals surface area contributed by atoms with E-state index in [4.69, 9.17) is 17.5 Å². The summed E-state index contributed by atoms with van der Waals surface area (Å²) in [6, 6.07) is 5.67. The smallest absolute Gasteiger partial charge is 0.267 e. The Balaban J connectivity index is 2.08. The number of nitrogens with one attached hydrogen (secondary N) is 2. The van der Waals surface area contributed by atoms with E-state index in [0.717, 1.165) is 10.4 Å². The first-order valence-electron chi connectivity index (χ1n) is 5.69. The van der Waals surface area contributed by atoms with E-state index in [-0.39, 0.29) is 11.0 Å². The molecule has 0 saturated heterocycles. The molecule has 0 atom stereocenters. The quantitative estimate of drug-likeness (QED) is 0.832. The second kappa shape index (κ2) is 6.13. The normalized spacial score (nSPS) is 9.85. The highest BCUT2D eigenvalue weighted by molar-refractivity contribution is 7.80. The molecule has 20 heavy (non-hydrogen) atoms. The topological polar surface area (TPSA) is 64.9 Å². The van der Waals surface area contributed by atoms with E-state index in [1.807, 2.05) is 19.2 Å². The third-order valence-corrected chi connectivity index (χ3v) is 4.89. The van der Waals surface area contributed by atoms with Gasteiger partial charge in [-0.3, -0.25) is 10.1 Å². The van der Waals surface area contributed by atoms with Crippen molar-refractivity contribution in [1.29, 1.82) is 5.26 Å². The van der Waals surface area contributed by atoms with E-state index >= 15 is 0 Å². The van der Waals surface area contributed by atoms with Crippen molar-refractivity contribution in [1.82, 2.24) is 5.32 Å². The third kappa shape index (κ3) is 3.04. The summed E-state index contributed by atoms with van der Waals surface area (Å²) in [6.45, 7) is 3.84. The highest BCUT2D eigenvalue weighted by Gasteiger charge is 2.14. The number of carbonyl (C=O) groups excluding carboxylic acids is 1. The fourth-order valence-corrected chi connectivity index (χ4v) is 3.45. The molecule has 2 rings (SSSR count). The van der Waals surface area contributed by atoms with Crippen molar-refractivity contribution in [2.45, 2.75) is 13.8 Å². The lowest BCUT2D eigenvalue weighted by atomic mass is 10.2. The molecule has 1 amide bonds. The molecule has 2 N–H and O–H groups in total. The van der Waals surface area contributed by atoms with Crippen LogP contribution in [0.5, 0.6) is 0 Å². The number of anilines is 1. The molecule has 0 spiro atoms. The summed E-state index contributed by atoms with van der Waals surface area (Å²) in [5.41, 5.74) is 1.51. The summed E-state index contributed by atoms with van der Waals surface area (Å²) in [7, 11) is 0. The molecule has 0 unspecified atom stereocenters. The number of rotatable bonds is 2. The van der Waals surface area contributed by atoms with Crippen molar-refractivity contribution >= 4 is 50.9 Å².